The highest BCUT2D eigenvalue weighted by Gasteiger charge is 2.19. The van der Waals surface area contributed by atoms with Gasteiger partial charge in [0.25, 0.3) is 5.91 Å². The maximum atomic E-state index is 13.0. The molecule has 4 aromatic rings. The number of ether oxygens (including phenoxy) is 1. The number of hydrogen-bond acceptors (Lipinski definition) is 3. The first-order valence-corrected chi connectivity index (χ1v) is 8.66. The average Bonchev–Trinajstić information content (AvgIpc) is 3.06. The monoisotopic (exact) mass is 357 g/mol. The van der Waals surface area contributed by atoms with Crippen molar-refractivity contribution in [2.75, 3.05) is 12.4 Å². The van der Waals surface area contributed by atoms with Crippen LogP contribution in [-0.4, -0.2) is 22.4 Å². The van der Waals surface area contributed by atoms with Crippen molar-refractivity contribution >= 4 is 17.4 Å². The summed E-state index contributed by atoms with van der Waals surface area (Å²) in [6.45, 7) is 2.02. The molecule has 0 saturated carbocycles. The van der Waals surface area contributed by atoms with Crippen molar-refractivity contribution in [3.63, 3.8) is 0 Å². The van der Waals surface area contributed by atoms with Crippen LogP contribution in [0.1, 0.15) is 15.9 Å². The number of aryl methyl sites for hydroxylation is 1. The second kappa shape index (κ2) is 6.96. The van der Waals surface area contributed by atoms with Gasteiger partial charge in [0.2, 0.25) is 0 Å². The second-order valence-corrected chi connectivity index (χ2v) is 6.26. The fourth-order valence-corrected chi connectivity index (χ4v) is 3.07. The molecule has 0 aliphatic heterocycles. The summed E-state index contributed by atoms with van der Waals surface area (Å²) in [5.74, 6) is 0.917. The average molecular weight is 357 g/mol. The number of rotatable bonds is 4. The third kappa shape index (κ3) is 3.15. The van der Waals surface area contributed by atoms with Crippen LogP contribution in [0.15, 0.2) is 72.9 Å². The van der Waals surface area contributed by atoms with E-state index in [0.717, 1.165) is 22.5 Å². The van der Waals surface area contributed by atoms with Gasteiger partial charge in [-0.2, -0.15) is 0 Å². The van der Waals surface area contributed by atoms with Crippen LogP contribution < -0.4 is 10.1 Å². The molecule has 5 heteroatoms. The number of para-hydroxylation sites is 1. The summed E-state index contributed by atoms with van der Waals surface area (Å²) in [6.07, 6.45) is 1.92. The fraction of sp³-hybridized carbons (Fsp3) is 0.0909. The summed E-state index contributed by atoms with van der Waals surface area (Å²) in [5, 5.41) is 3.02. The van der Waals surface area contributed by atoms with Crippen molar-refractivity contribution < 1.29 is 9.53 Å². The molecule has 0 aliphatic rings. The Hall–Kier alpha value is -3.60. The number of pyridine rings is 1. The Bertz CT molecular complexity index is 1120. The number of amides is 1. The van der Waals surface area contributed by atoms with Crippen molar-refractivity contribution in [3.8, 4) is 17.0 Å². The summed E-state index contributed by atoms with van der Waals surface area (Å²) in [5.41, 5.74) is 4.03. The van der Waals surface area contributed by atoms with Gasteiger partial charge in [-0.15, -0.1) is 0 Å². The number of nitrogens with zero attached hydrogens (tertiary/aromatic N) is 2. The first-order valence-electron chi connectivity index (χ1n) is 8.66. The normalized spacial score (nSPS) is 10.7. The maximum absolute atomic E-state index is 13.0. The van der Waals surface area contributed by atoms with Gasteiger partial charge in [0.1, 0.15) is 22.9 Å². The summed E-state index contributed by atoms with van der Waals surface area (Å²) < 4.78 is 7.21. The number of hydrogen-bond donors (Lipinski definition) is 1. The molecule has 2 aromatic heterocycles. The minimum absolute atomic E-state index is 0.244. The second-order valence-electron chi connectivity index (χ2n) is 6.26. The van der Waals surface area contributed by atoms with E-state index in [-0.39, 0.29) is 5.91 Å². The molecule has 0 bridgehead atoms. The van der Waals surface area contributed by atoms with Gasteiger partial charge < -0.3 is 10.1 Å². The fourth-order valence-electron chi connectivity index (χ4n) is 3.07. The molecule has 1 amide bonds. The molecule has 4 rings (SSSR count). The summed E-state index contributed by atoms with van der Waals surface area (Å²) in [6, 6.07) is 21.0. The summed E-state index contributed by atoms with van der Waals surface area (Å²) >= 11 is 0. The topological polar surface area (TPSA) is 55.6 Å². The van der Waals surface area contributed by atoms with Crippen LogP contribution in [0.25, 0.3) is 16.9 Å². The molecule has 0 aliphatic carbocycles. The zero-order valence-corrected chi connectivity index (χ0v) is 15.1. The number of carbonyl (C=O) groups is 1. The van der Waals surface area contributed by atoms with Gasteiger partial charge in [0, 0.05) is 11.8 Å². The molecule has 0 fully saturated rings. The van der Waals surface area contributed by atoms with E-state index in [1.165, 1.54) is 0 Å². The minimum atomic E-state index is -0.244. The summed E-state index contributed by atoms with van der Waals surface area (Å²) in [7, 11) is 1.55. The van der Waals surface area contributed by atoms with Crippen LogP contribution in [0.2, 0.25) is 0 Å². The molecule has 0 saturated heterocycles. The standard InChI is InChI=1S/C22H19N3O2/c1-15-12-13-25-19(14-15)23-20(16-8-4-3-5-9-16)21(25)24-22(26)17-10-6-7-11-18(17)27-2/h3-14H,1-2H3,(H,24,26). The lowest BCUT2D eigenvalue weighted by atomic mass is 10.1. The molecule has 1 N–H and O–H groups in total. The molecule has 0 radical (unpaired) electrons. The van der Waals surface area contributed by atoms with E-state index < -0.39 is 0 Å². The molecule has 0 atom stereocenters. The highest BCUT2D eigenvalue weighted by molar-refractivity contribution is 6.07. The Labute approximate surface area is 157 Å². The van der Waals surface area contributed by atoms with Crippen LogP contribution in [0.3, 0.4) is 0 Å². The number of imidazole rings is 1. The lowest BCUT2D eigenvalue weighted by Gasteiger charge is -2.10. The number of carbonyl (C=O) groups excluding carboxylic acids is 1. The highest BCUT2D eigenvalue weighted by Crippen LogP contribution is 2.30. The number of aromatic nitrogens is 2. The first-order chi connectivity index (χ1) is 13.2. The van der Waals surface area contributed by atoms with Gasteiger partial charge in [-0.05, 0) is 36.8 Å². The Kier molecular flexibility index (Phi) is 4.34. The van der Waals surface area contributed by atoms with Gasteiger partial charge in [-0.1, -0.05) is 42.5 Å². The quantitative estimate of drug-likeness (QED) is 0.582. The molecule has 134 valence electrons. The van der Waals surface area contributed by atoms with E-state index in [0.29, 0.717) is 17.1 Å². The Morgan fingerprint density at radius 2 is 1.78 bits per heavy atom. The molecule has 0 unspecified atom stereocenters. The molecular weight excluding hydrogens is 338 g/mol. The van der Waals surface area contributed by atoms with Gasteiger partial charge >= 0.3 is 0 Å². The largest absolute Gasteiger partial charge is 0.496 e. The third-order valence-electron chi connectivity index (χ3n) is 4.41. The van der Waals surface area contributed by atoms with E-state index in [2.05, 4.69) is 5.32 Å². The number of anilines is 1. The van der Waals surface area contributed by atoms with E-state index in [9.17, 15) is 4.79 Å². The van der Waals surface area contributed by atoms with E-state index >= 15 is 0 Å². The van der Waals surface area contributed by atoms with Gasteiger partial charge in [0.15, 0.2) is 0 Å². The lowest BCUT2D eigenvalue weighted by molar-refractivity contribution is 0.102. The van der Waals surface area contributed by atoms with E-state index in [1.54, 1.807) is 19.2 Å². The number of nitrogens with one attached hydrogen (secondary N) is 1. The van der Waals surface area contributed by atoms with Crippen molar-refractivity contribution in [1.82, 2.24) is 9.38 Å². The number of benzene rings is 2. The molecule has 27 heavy (non-hydrogen) atoms. The molecule has 5 nitrogen and oxygen atoms in total. The highest BCUT2D eigenvalue weighted by atomic mass is 16.5. The van der Waals surface area contributed by atoms with Crippen LogP contribution in [0.5, 0.6) is 5.75 Å². The van der Waals surface area contributed by atoms with Crippen molar-refractivity contribution in [2.24, 2.45) is 0 Å². The minimum Gasteiger partial charge on any atom is -0.496 e. The van der Waals surface area contributed by atoms with Crippen molar-refractivity contribution in [3.05, 3.63) is 84.1 Å². The van der Waals surface area contributed by atoms with E-state index in [1.807, 2.05) is 72.1 Å². The molecule has 2 aromatic carbocycles. The molecule has 2 heterocycles. The van der Waals surface area contributed by atoms with Gasteiger partial charge in [-0.25, -0.2) is 4.98 Å². The van der Waals surface area contributed by atoms with Crippen LogP contribution in [0.4, 0.5) is 5.82 Å². The van der Waals surface area contributed by atoms with Crippen LogP contribution >= 0.6 is 0 Å². The zero-order valence-electron chi connectivity index (χ0n) is 15.1. The van der Waals surface area contributed by atoms with Crippen molar-refractivity contribution in [2.45, 2.75) is 6.92 Å². The van der Waals surface area contributed by atoms with Gasteiger partial charge in [-0.3, -0.25) is 9.20 Å². The van der Waals surface area contributed by atoms with E-state index in [4.69, 9.17) is 9.72 Å². The summed E-state index contributed by atoms with van der Waals surface area (Å²) in [4.78, 5) is 17.7. The first kappa shape index (κ1) is 16.8. The smallest absolute Gasteiger partial charge is 0.260 e. The predicted molar refractivity (Wildman–Crippen MR) is 106 cm³/mol. The SMILES string of the molecule is COc1ccccc1C(=O)Nc1c(-c2ccccc2)nc2cc(C)ccn12. The van der Waals surface area contributed by atoms with Crippen LogP contribution in [-0.2, 0) is 0 Å². The van der Waals surface area contributed by atoms with Gasteiger partial charge in [0.05, 0.1) is 12.7 Å². The zero-order chi connectivity index (χ0) is 18.8. The predicted octanol–water partition coefficient (Wildman–Crippen LogP) is 4.57. The molecule has 0 spiro atoms. The Balaban J connectivity index is 1.84. The van der Waals surface area contributed by atoms with Crippen LogP contribution in [0, 0.1) is 6.92 Å². The Morgan fingerprint density at radius 1 is 1.04 bits per heavy atom. The lowest BCUT2D eigenvalue weighted by Crippen LogP contribution is -2.15. The Morgan fingerprint density at radius 3 is 2.56 bits per heavy atom. The van der Waals surface area contributed by atoms with Crippen molar-refractivity contribution in [1.29, 1.82) is 0 Å². The number of fused-ring (bicyclic) bond motifs is 1. The maximum Gasteiger partial charge on any atom is 0.260 e. The number of methoxy groups -OCH3 is 1. The molecular formula is C22H19N3O2. The third-order valence-corrected chi connectivity index (χ3v) is 4.41.